The van der Waals surface area contributed by atoms with Gasteiger partial charge in [-0.1, -0.05) is 59.0 Å². The molecule has 0 saturated carbocycles. The van der Waals surface area contributed by atoms with E-state index < -0.39 is 14.5 Å². The minimum atomic E-state index is -0.956. The lowest BCUT2D eigenvalue weighted by Gasteiger charge is -2.36. The quantitative estimate of drug-likeness (QED) is 0.432. The second kappa shape index (κ2) is 10.3. The van der Waals surface area contributed by atoms with Crippen molar-refractivity contribution in [1.29, 1.82) is 0 Å². The third kappa shape index (κ3) is 7.79. The highest BCUT2D eigenvalue weighted by atomic mass is 27.2. The van der Waals surface area contributed by atoms with Crippen LogP contribution in [0.4, 0.5) is 0 Å². The van der Waals surface area contributed by atoms with E-state index in [-0.39, 0.29) is 0 Å². The van der Waals surface area contributed by atoms with Gasteiger partial charge in [-0.05, 0) is 18.3 Å². The molecule has 0 fully saturated rings. The van der Waals surface area contributed by atoms with E-state index >= 15 is 0 Å². The Morgan fingerprint density at radius 2 is 1.33 bits per heavy atom. The van der Waals surface area contributed by atoms with Gasteiger partial charge in [-0.25, -0.2) is 0 Å². The summed E-state index contributed by atoms with van der Waals surface area (Å²) in [6.45, 7) is 18.3. The number of rotatable bonds is 10. The zero-order chi connectivity index (χ0) is 14.1. The van der Waals surface area contributed by atoms with E-state index in [9.17, 15) is 0 Å². The van der Waals surface area contributed by atoms with Gasteiger partial charge in [-0.2, -0.15) is 0 Å². The smallest absolute Gasteiger partial charge is 0.461 e. The summed E-state index contributed by atoms with van der Waals surface area (Å²) in [5.74, 6) is 1.43. The standard InChI is InChI=1S/C11H24NO.2C2H5.Al/c1-6-11(13)12(7-9(2)3)8-10(4)5;2*1-2;/h9-11H,6-8H2,1-5H3;2*1H2,2H3;/q-1;;;+1. The normalized spacial score (nSPS) is 13.7. The van der Waals surface area contributed by atoms with E-state index in [1.165, 1.54) is 10.6 Å². The molecule has 0 aliphatic rings. The molecule has 1 atom stereocenters. The molecule has 0 aromatic heterocycles. The van der Waals surface area contributed by atoms with Gasteiger partial charge >= 0.3 is 14.5 Å². The van der Waals surface area contributed by atoms with E-state index in [1.807, 2.05) is 0 Å². The van der Waals surface area contributed by atoms with E-state index in [1.54, 1.807) is 0 Å². The van der Waals surface area contributed by atoms with Crippen LogP contribution in [-0.2, 0) is 3.79 Å². The molecule has 0 aliphatic carbocycles. The molecule has 3 heteroatoms. The fraction of sp³-hybridized carbons (Fsp3) is 1.00. The molecule has 0 saturated heterocycles. The van der Waals surface area contributed by atoms with Crippen LogP contribution in [0.2, 0.25) is 10.6 Å². The predicted octanol–water partition coefficient (Wildman–Crippen LogP) is 4.38. The van der Waals surface area contributed by atoms with E-state index in [2.05, 4.69) is 53.4 Å². The zero-order valence-corrected chi connectivity index (χ0v) is 14.9. The third-order valence-corrected chi connectivity index (χ3v) is 5.74. The summed E-state index contributed by atoms with van der Waals surface area (Å²) < 4.78 is 6.43. The highest BCUT2D eigenvalue weighted by Crippen LogP contribution is 2.15. The van der Waals surface area contributed by atoms with Crippen LogP contribution in [0.5, 0.6) is 0 Å². The number of hydrogen-bond acceptors (Lipinski definition) is 2. The van der Waals surface area contributed by atoms with Gasteiger partial charge in [0.2, 0.25) is 0 Å². The fourth-order valence-corrected chi connectivity index (χ4v) is 4.16. The van der Waals surface area contributed by atoms with Crippen LogP contribution in [0.3, 0.4) is 0 Å². The van der Waals surface area contributed by atoms with Crippen LogP contribution in [0.15, 0.2) is 0 Å². The largest absolute Gasteiger partial charge is 0.487 e. The fourth-order valence-electron chi connectivity index (χ4n) is 2.39. The Bertz CT molecular complexity index is 183. The lowest BCUT2D eigenvalue weighted by Crippen LogP contribution is -2.44. The first-order valence-corrected chi connectivity index (χ1v) is 9.94. The monoisotopic (exact) mass is 271 g/mol. The third-order valence-electron chi connectivity index (χ3n) is 3.22. The van der Waals surface area contributed by atoms with Crippen molar-refractivity contribution in [3.8, 4) is 0 Å². The molecule has 1 unspecified atom stereocenters. The van der Waals surface area contributed by atoms with Gasteiger partial charge in [0.25, 0.3) is 0 Å². The van der Waals surface area contributed by atoms with Gasteiger partial charge in [0.15, 0.2) is 0 Å². The van der Waals surface area contributed by atoms with E-state index in [0.717, 1.165) is 19.5 Å². The second-order valence-electron chi connectivity index (χ2n) is 6.18. The van der Waals surface area contributed by atoms with Gasteiger partial charge in [0, 0.05) is 13.1 Å². The SMILES string of the molecule is CCC([O][Al]([CH2]C)[CH2]C)N(CC(C)C)CC(C)C. The highest BCUT2D eigenvalue weighted by molar-refractivity contribution is 6.51. The Kier molecular flexibility index (Phi) is 10.5. The molecule has 18 heavy (non-hydrogen) atoms. The van der Waals surface area contributed by atoms with Crippen LogP contribution in [0.25, 0.3) is 0 Å². The summed E-state index contributed by atoms with van der Waals surface area (Å²) >= 11 is -0.956. The van der Waals surface area contributed by atoms with Gasteiger partial charge in [0.05, 0.1) is 6.23 Å². The molecule has 0 bridgehead atoms. The van der Waals surface area contributed by atoms with E-state index in [0.29, 0.717) is 18.1 Å². The van der Waals surface area contributed by atoms with Gasteiger partial charge < -0.3 is 3.79 Å². The van der Waals surface area contributed by atoms with Crippen molar-refractivity contribution in [1.82, 2.24) is 4.90 Å². The van der Waals surface area contributed by atoms with Crippen molar-refractivity contribution in [2.24, 2.45) is 11.8 Å². The Labute approximate surface area is 120 Å². The average molecular weight is 271 g/mol. The lowest BCUT2D eigenvalue weighted by molar-refractivity contribution is 0.00416. The topological polar surface area (TPSA) is 12.5 Å². The summed E-state index contributed by atoms with van der Waals surface area (Å²) in [4.78, 5) is 2.57. The van der Waals surface area contributed by atoms with Crippen molar-refractivity contribution in [2.75, 3.05) is 13.1 Å². The molecule has 0 spiro atoms. The van der Waals surface area contributed by atoms with Crippen molar-refractivity contribution in [3.63, 3.8) is 0 Å². The molecule has 108 valence electrons. The summed E-state index contributed by atoms with van der Waals surface area (Å²) in [6, 6.07) is 0. The molecule has 0 radical (unpaired) electrons. The van der Waals surface area contributed by atoms with Crippen molar-refractivity contribution < 1.29 is 3.79 Å². The molecular formula is C15H34AlNO. The average Bonchev–Trinajstić information content (AvgIpc) is 2.28. The molecule has 0 N–H and O–H groups in total. The highest BCUT2D eigenvalue weighted by Gasteiger charge is 2.24. The van der Waals surface area contributed by atoms with Gasteiger partial charge in [0.1, 0.15) is 0 Å². The van der Waals surface area contributed by atoms with E-state index in [4.69, 9.17) is 3.79 Å². The van der Waals surface area contributed by atoms with Crippen molar-refractivity contribution in [2.45, 2.75) is 71.7 Å². The summed E-state index contributed by atoms with van der Waals surface area (Å²) in [6.07, 6.45) is 1.47. The maximum Gasteiger partial charge on any atom is 0.461 e. The summed E-state index contributed by atoms with van der Waals surface area (Å²) in [5.41, 5.74) is 0. The molecule has 0 aromatic rings. The predicted molar refractivity (Wildman–Crippen MR) is 83.1 cm³/mol. The van der Waals surface area contributed by atoms with Crippen LogP contribution < -0.4 is 0 Å². The van der Waals surface area contributed by atoms with Crippen molar-refractivity contribution >= 4 is 14.5 Å². The number of nitrogens with zero attached hydrogens (tertiary/aromatic N) is 1. The minimum absolute atomic E-state index is 0.353. The van der Waals surface area contributed by atoms with Crippen LogP contribution >= 0.6 is 0 Å². The Morgan fingerprint density at radius 3 is 1.61 bits per heavy atom. The lowest BCUT2D eigenvalue weighted by atomic mass is 10.1. The first kappa shape index (κ1) is 18.5. The first-order valence-electron chi connectivity index (χ1n) is 7.83. The Balaban J connectivity index is 4.57. The maximum atomic E-state index is 6.43. The summed E-state index contributed by atoms with van der Waals surface area (Å²) in [7, 11) is 0. The molecule has 0 aromatic carbocycles. The number of hydrogen-bond donors (Lipinski definition) is 0. The van der Waals surface area contributed by atoms with Gasteiger partial charge in [-0.15, -0.1) is 0 Å². The van der Waals surface area contributed by atoms with Gasteiger partial charge in [-0.3, -0.25) is 4.90 Å². The molecule has 2 nitrogen and oxygen atoms in total. The second-order valence-corrected chi connectivity index (χ2v) is 9.33. The zero-order valence-electron chi connectivity index (χ0n) is 13.7. The molecular weight excluding hydrogens is 237 g/mol. The molecule has 0 aliphatic heterocycles. The maximum absolute atomic E-state index is 6.43. The molecule has 0 heterocycles. The summed E-state index contributed by atoms with van der Waals surface area (Å²) in [5, 5.41) is 2.51. The Morgan fingerprint density at radius 1 is 0.889 bits per heavy atom. The molecule has 0 rings (SSSR count). The van der Waals surface area contributed by atoms with Crippen LogP contribution in [0.1, 0.15) is 54.9 Å². The Hall–Kier alpha value is 0.452. The van der Waals surface area contributed by atoms with Crippen LogP contribution in [0, 0.1) is 11.8 Å². The van der Waals surface area contributed by atoms with Crippen LogP contribution in [-0.4, -0.2) is 38.7 Å². The first-order chi connectivity index (χ1) is 8.44. The van der Waals surface area contributed by atoms with Crippen molar-refractivity contribution in [3.05, 3.63) is 0 Å². The minimum Gasteiger partial charge on any atom is -0.487 e. The molecule has 0 amide bonds.